The number of halogens is 9. The molecule has 1 fully saturated rings. The molecular formula is C15H13F9N2O. The largest absolute Gasteiger partial charge is 0.416 e. The highest BCUT2D eigenvalue weighted by atomic mass is 19.4. The Bertz CT molecular complexity index is 654. The van der Waals surface area contributed by atoms with Gasteiger partial charge in [0.1, 0.15) is 0 Å². The Morgan fingerprint density at radius 3 is 1.59 bits per heavy atom. The van der Waals surface area contributed by atoms with Crippen LogP contribution in [0.5, 0.6) is 0 Å². The van der Waals surface area contributed by atoms with Crippen LogP contribution in [-0.4, -0.2) is 54.6 Å². The molecular weight excluding hydrogens is 395 g/mol. The molecule has 12 heteroatoms. The van der Waals surface area contributed by atoms with Crippen LogP contribution in [0.1, 0.15) is 21.5 Å². The maximum Gasteiger partial charge on any atom is 0.416 e. The molecule has 3 nitrogen and oxygen atoms in total. The van der Waals surface area contributed by atoms with Crippen LogP contribution in [0.25, 0.3) is 0 Å². The van der Waals surface area contributed by atoms with Gasteiger partial charge in [0, 0.05) is 31.7 Å². The minimum Gasteiger partial charge on any atom is -0.336 e. The molecule has 0 aliphatic carbocycles. The van der Waals surface area contributed by atoms with Crippen molar-refractivity contribution in [3.05, 3.63) is 34.9 Å². The lowest BCUT2D eigenvalue weighted by atomic mass is 10.0. The van der Waals surface area contributed by atoms with E-state index in [0.29, 0.717) is 12.1 Å². The summed E-state index contributed by atoms with van der Waals surface area (Å²) < 4.78 is 114. The summed E-state index contributed by atoms with van der Waals surface area (Å²) in [6.45, 7) is -2.09. The van der Waals surface area contributed by atoms with Crippen LogP contribution in [0.15, 0.2) is 18.2 Å². The molecule has 0 aromatic heterocycles. The fraction of sp³-hybridized carbons (Fsp3) is 0.533. The lowest BCUT2D eigenvalue weighted by Gasteiger charge is -2.35. The van der Waals surface area contributed by atoms with Crippen LogP contribution in [0.3, 0.4) is 0 Å². The van der Waals surface area contributed by atoms with E-state index < -0.39 is 47.7 Å². The molecule has 0 bridgehead atoms. The van der Waals surface area contributed by atoms with Gasteiger partial charge in [-0.1, -0.05) is 0 Å². The quantitative estimate of drug-likeness (QED) is 0.690. The van der Waals surface area contributed by atoms with E-state index in [1.165, 1.54) is 0 Å². The second-order valence-electron chi connectivity index (χ2n) is 5.98. The number of hydrogen-bond donors (Lipinski definition) is 0. The molecule has 152 valence electrons. The zero-order valence-corrected chi connectivity index (χ0v) is 13.5. The Labute approximate surface area is 147 Å². The van der Waals surface area contributed by atoms with E-state index >= 15 is 0 Å². The summed E-state index contributed by atoms with van der Waals surface area (Å²) >= 11 is 0. The highest BCUT2D eigenvalue weighted by molar-refractivity contribution is 5.94. The van der Waals surface area contributed by atoms with E-state index in [-0.39, 0.29) is 32.2 Å². The summed E-state index contributed by atoms with van der Waals surface area (Å²) in [6.07, 6.45) is -14.6. The smallest absolute Gasteiger partial charge is 0.336 e. The van der Waals surface area contributed by atoms with E-state index in [4.69, 9.17) is 0 Å². The number of hydrogen-bond acceptors (Lipinski definition) is 2. The van der Waals surface area contributed by atoms with Gasteiger partial charge in [-0.2, -0.15) is 39.5 Å². The van der Waals surface area contributed by atoms with Crippen LogP contribution >= 0.6 is 0 Å². The van der Waals surface area contributed by atoms with Gasteiger partial charge in [-0.05, 0) is 18.2 Å². The van der Waals surface area contributed by atoms with Crippen molar-refractivity contribution in [3.63, 3.8) is 0 Å². The zero-order valence-electron chi connectivity index (χ0n) is 13.5. The molecule has 0 N–H and O–H groups in total. The summed E-state index contributed by atoms with van der Waals surface area (Å²) in [6, 6.07) is 0.511. The lowest BCUT2D eigenvalue weighted by Crippen LogP contribution is -2.51. The first-order chi connectivity index (χ1) is 12.2. The number of piperazine rings is 1. The summed E-state index contributed by atoms with van der Waals surface area (Å²) in [5.74, 6) is -1.10. The van der Waals surface area contributed by atoms with Gasteiger partial charge in [0.25, 0.3) is 5.91 Å². The van der Waals surface area contributed by atoms with Crippen LogP contribution in [0.4, 0.5) is 39.5 Å². The number of carbonyl (C=O) groups excluding carboxylic acids is 1. The van der Waals surface area contributed by atoms with E-state index in [0.717, 1.165) is 9.80 Å². The van der Waals surface area contributed by atoms with Gasteiger partial charge in [0.15, 0.2) is 0 Å². The average Bonchev–Trinajstić information content (AvgIpc) is 2.51. The molecule has 2 rings (SSSR count). The second-order valence-corrected chi connectivity index (χ2v) is 5.98. The molecule has 0 unspecified atom stereocenters. The van der Waals surface area contributed by atoms with Crippen molar-refractivity contribution in [2.45, 2.75) is 18.5 Å². The molecule has 1 amide bonds. The molecule has 1 aliphatic heterocycles. The van der Waals surface area contributed by atoms with Gasteiger partial charge in [-0.15, -0.1) is 0 Å². The zero-order chi connectivity index (χ0) is 20.6. The average molecular weight is 408 g/mol. The topological polar surface area (TPSA) is 23.6 Å². The molecule has 0 spiro atoms. The Balaban J connectivity index is 2.21. The van der Waals surface area contributed by atoms with Crippen LogP contribution < -0.4 is 0 Å². The molecule has 1 saturated heterocycles. The Morgan fingerprint density at radius 1 is 0.778 bits per heavy atom. The first-order valence-electron chi connectivity index (χ1n) is 7.55. The normalized spacial score (nSPS) is 17.3. The van der Waals surface area contributed by atoms with Crippen molar-refractivity contribution in [3.8, 4) is 0 Å². The predicted molar refractivity (Wildman–Crippen MR) is 74.8 cm³/mol. The van der Waals surface area contributed by atoms with Gasteiger partial charge in [0.05, 0.1) is 17.7 Å². The van der Waals surface area contributed by atoms with E-state index in [1.807, 2.05) is 0 Å². The minimum atomic E-state index is -5.10. The number of rotatable bonds is 2. The minimum absolute atomic E-state index is 0.0992. The summed E-state index contributed by atoms with van der Waals surface area (Å²) in [7, 11) is 0. The predicted octanol–water partition coefficient (Wildman–Crippen LogP) is 4.04. The highest BCUT2D eigenvalue weighted by Crippen LogP contribution is 2.36. The lowest BCUT2D eigenvalue weighted by molar-refractivity contribution is -0.148. The van der Waals surface area contributed by atoms with E-state index in [1.54, 1.807) is 0 Å². The highest BCUT2D eigenvalue weighted by Gasteiger charge is 2.38. The van der Waals surface area contributed by atoms with Crippen LogP contribution in [0.2, 0.25) is 0 Å². The van der Waals surface area contributed by atoms with Gasteiger partial charge in [-0.25, -0.2) is 0 Å². The van der Waals surface area contributed by atoms with Crippen LogP contribution in [-0.2, 0) is 12.4 Å². The van der Waals surface area contributed by atoms with Gasteiger partial charge in [0.2, 0.25) is 0 Å². The fourth-order valence-corrected chi connectivity index (χ4v) is 2.62. The first-order valence-corrected chi connectivity index (χ1v) is 7.55. The number of benzene rings is 1. The summed E-state index contributed by atoms with van der Waals surface area (Å²) in [4.78, 5) is 14.2. The molecule has 0 radical (unpaired) electrons. The fourth-order valence-electron chi connectivity index (χ4n) is 2.62. The Hall–Kier alpha value is -1.98. The third-order valence-electron chi connectivity index (χ3n) is 3.90. The van der Waals surface area contributed by atoms with Crippen molar-refractivity contribution in [2.75, 3.05) is 32.7 Å². The molecule has 27 heavy (non-hydrogen) atoms. The van der Waals surface area contributed by atoms with E-state index in [2.05, 4.69) is 0 Å². The Kier molecular flexibility index (Phi) is 5.69. The number of carbonyl (C=O) groups is 1. The summed E-state index contributed by atoms with van der Waals surface area (Å²) in [5.41, 5.74) is -4.07. The van der Waals surface area contributed by atoms with Gasteiger partial charge in [-0.3, -0.25) is 9.69 Å². The third kappa shape index (κ3) is 5.75. The molecule has 1 aliphatic rings. The van der Waals surface area contributed by atoms with Crippen molar-refractivity contribution in [1.29, 1.82) is 0 Å². The number of amides is 1. The Morgan fingerprint density at radius 2 is 1.22 bits per heavy atom. The van der Waals surface area contributed by atoms with Crippen molar-refractivity contribution in [1.82, 2.24) is 9.80 Å². The van der Waals surface area contributed by atoms with Crippen molar-refractivity contribution >= 4 is 5.91 Å². The molecule has 1 aromatic carbocycles. The molecule has 0 atom stereocenters. The SMILES string of the molecule is O=C(c1cc(C(F)(F)F)cc(C(F)(F)F)c1)N1CCN(CC(F)(F)F)CC1. The number of nitrogens with zero attached hydrogens (tertiary/aromatic N) is 2. The van der Waals surface area contributed by atoms with Crippen molar-refractivity contribution in [2.24, 2.45) is 0 Å². The van der Waals surface area contributed by atoms with Gasteiger partial charge >= 0.3 is 18.5 Å². The monoisotopic (exact) mass is 408 g/mol. The van der Waals surface area contributed by atoms with Gasteiger partial charge < -0.3 is 4.90 Å². The van der Waals surface area contributed by atoms with Crippen molar-refractivity contribution < 1.29 is 44.3 Å². The number of alkyl halides is 9. The second kappa shape index (κ2) is 7.21. The van der Waals surface area contributed by atoms with Crippen LogP contribution in [0, 0.1) is 0 Å². The maximum absolute atomic E-state index is 12.8. The molecule has 0 saturated carbocycles. The standard InChI is InChI=1S/C15H13F9N2O/c16-13(17,18)8-25-1-3-26(4-2-25)12(27)9-5-10(14(19,20)21)7-11(6-9)15(22,23)24/h5-7H,1-4,8H2. The summed E-state index contributed by atoms with van der Waals surface area (Å²) in [5, 5.41) is 0. The third-order valence-corrected chi connectivity index (χ3v) is 3.90. The molecule has 1 aromatic rings. The first kappa shape index (κ1) is 21.3. The van der Waals surface area contributed by atoms with E-state index in [9.17, 15) is 44.3 Å². The maximum atomic E-state index is 12.8. The molecule has 1 heterocycles.